The van der Waals surface area contributed by atoms with Crippen molar-refractivity contribution in [3.63, 3.8) is 0 Å². The molecule has 1 aliphatic rings. The largest absolute Gasteiger partial charge is 0.525 e. The summed E-state index contributed by atoms with van der Waals surface area (Å²) in [4.78, 5) is 4.53. The van der Waals surface area contributed by atoms with Crippen molar-refractivity contribution in [2.75, 3.05) is 0 Å². The lowest BCUT2D eigenvalue weighted by atomic mass is 9.87. The van der Waals surface area contributed by atoms with Gasteiger partial charge in [-0.3, -0.25) is 0 Å². The van der Waals surface area contributed by atoms with Gasteiger partial charge in [0.2, 0.25) is 0 Å². The Labute approximate surface area is 136 Å². The summed E-state index contributed by atoms with van der Waals surface area (Å²) >= 11 is 0. The number of aromatic nitrogens is 2. The van der Waals surface area contributed by atoms with E-state index in [-0.39, 0.29) is 0 Å². The summed E-state index contributed by atoms with van der Waals surface area (Å²) in [6.45, 7) is 9.64. The molecule has 0 N–H and O–H groups in total. The predicted molar refractivity (Wildman–Crippen MR) is 89.7 cm³/mol. The SMILES string of the molecule is CCc1nc(C=C(F)B2OC(C)(C)C(C)(C)O2)c2ccccn12. The average Bonchev–Trinajstić information content (AvgIpc) is 2.94. The highest BCUT2D eigenvalue weighted by molar-refractivity contribution is 6.54. The molecule has 1 fully saturated rings. The minimum Gasteiger partial charge on any atom is -0.398 e. The number of hydrogen-bond donors (Lipinski definition) is 0. The predicted octanol–water partition coefficient (Wildman–Crippen LogP) is 3.84. The fourth-order valence-electron chi connectivity index (χ4n) is 2.64. The van der Waals surface area contributed by atoms with Crippen molar-refractivity contribution < 1.29 is 13.7 Å². The van der Waals surface area contributed by atoms with Crippen LogP contribution in [0.4, 0.5) is 4.39 Å². The first-order valence-corrected chi connectivity index (χ1v) is 7.94. The van der Waals surface area contributed by atoms with Gasteiger partial charge in [-0.2, -0.15) is 0 Å². The van der Waals surface area contributed by atoms with Crippen LogP contribution in [0.5, 0.6) is 0 Å². The molecule has 6 heteroatoms. The smallest absolute Gasteiger partial charge is 0.398 e. The van der Waals surface area contributed by atoms with Crippen molar-refractivity contribution in [3.8, 4) is 0 Å². The quantitative estimate of drug-likeness (QED) is 0.807. The average molecular weight is 316 g/mol. The van der Waals surface area contributed by atoms with Crippen LogP contribution in [0.25, 0.3) is 11.6 Å². The molecule has 0 atom stereocenters. The maximum Gasteiger partial charge on any atom is 0.525 e. The summed E-state index contributed by atoms with van der Waals surface area (Å²) in [6, 6.07) is 5.78. The van der Waals surface area contributed by atoms with Crippen LogP contribution < -0.4 is 0 Å². The van der Waals surface area contributed by atoms with Crippen LogP contribution in [0.2, 0.25) is 0 Å². The van der Waals surface area contributed by atoms with Gasteiger partial charge in [0.25, 0.3) is 0 Å². The number of imidazole rings is 1. The van der Waals surface area contributed by atoms with Gasteiger partial charge >= 0.3 is 7.12 Å². The molecule has 0 spiro atoms. The van der Waals surface area contributed by atoms with Gasteiger partial charge < -0.3 is 13.7 Å². The summed E-state index contributed by atoms with van der Waals surface area (Å²) in [5.41, 5.74) is -0.123. The van der Waals surface area contributed by atoms with Gasteiger partial charge in [0, 0.05) is 12.6 Å². The molecule has 0 aromatic carbocycles. The van der Waals surface area contributed by atoms with E-state index in [9.17, 15) is 4.39 Å². The van der Waals surface area contributed by atoms with Crippen molar-refractivity contribution in [2.45, 2.75) is 52.2 Å². The summed E-state index contributed by atoms with van der Waals surface area (Å²) in [7, 11) is -0.995. The molecule has 3 rings (SSSR count). The van der Waals surface area contributed by atoms with Crippen molar-refractivity contribution in [2.24, 2.45) is 0 Å². The number of hydrogen-bond acceptors (Lipinski definition) is 3. The number of nitrogens with zero attached hydrogens (tertiary/aromatic N) is 2. The van der Waals surface area contributed by atoms with Crippen molar-refractivity contribution >= 4 is 18.7 Å². The van der Waals surface area contributed by atoms with E-state index >= 15 is 0 Å². The molecule has 0 radical (unpaired) electrons. The number of fused-ring (bicyclic) bond motifs is 1. The van der Waals surface area contributed by atoms with Crippen LogP contribution >= 0.6 is 0 Å². The van der Waals surface area contributed by atoms with Gasteiger partial charge in [-0.1, -0.05) is 13.0 Å². The first-order chi connectivity index (χ1) is 10.7. The van der Waals surface area contributed by atoms with Gasteiger partial charge in [0.1, 0.15) is 11.6 Å². The first-order valence-electron chi connectivity index (χ1n) is 7.94. The number of pyridine rings is 1. The van der Waals surface area contributed by atoms with Gasteiger partial charge in [-0.25, -0.2) is 9.37 Å². The third-order valence-electron chi connectivity index (χ3n) is 4.72. The van der Waals surface area contributed by atoms with E-state index in [0.717, 1.165) is 17.8 Å². The second kappa shape index (κ2) is 5.46. The third kappa shape index (κ3) is 2.70. The van der Waals surface area contributed by atoms with Crippen molar-refractivity contribution in [1.82, 2.24) is 9.38 Å². The molecular weight excluding hydrogens is 294 g/mol. The highest BCUT2D eigenvalue weighted by Gasteiger charge is 2.53. The first kappa shape index (κ1) is 16.2. The lowest BCUT2D eigenvalue weighted by Crippen LogP contribution is -2.41. The number of halogens is 1. The zero-order valence-electron chi connectivity index (χ0n) is 14.3. The van der Waals surface area contributed by atoms with Crippen molar-refractivity contribution in [1.29, 1.82) is 0 Å². The Kier molecular flexibility index (Phi) is 3.85. The van der Waals surface area contributed by atoms with Crippen LogP contribution in [0.3, 0.4) is 0 Å². The van der Waals surface area contributed by atoms with Crippen molar-refractivity contribution in [3.05, 3.63) is 41.6 Å². The Bertz CT molecular complexity index is 751. The summed E-state index contributed by atoms with van der Waals surface area (Å²) in [6.07, 6.45) is 4.12. The highest BCUT2D eigenvalue weighted by Crippen LogP contribution is 2.39. The normalized spacial score (nSPS) is 20.4. The standard InChI is InChI=1S/C17H22BFN2O2/c1-6-15-20-12(13-9-7-8-10-21(13)15)11-14(19)18-22-16(2,3)17(4,5)23-18/h7-11H,6H2,1-5H3. The van der Waals surface area contributed by atoms with E-state index in [4.69, 9.17) is 9.31 Å². The van der Waals surface area contributed by atoms with E-state index in [1.165, 1.54) is 6.08 Å². The Morgan fingerprint density at radius 1 is 1.26 bits per heavy atom. The summed E-state index contributed by atoms with van der Waals surface area (Å²) in [5.74, 6) is 0.897. The number of aryl methyl sites for hydroxylation is 1. The lowest BCUT2D eigenvalue weighted by molar-refractivity contribution is 0.00578. The van der Waals surface area contributed by atoms with Gasteiger partial charge in [-0.15, -0.1) is 0 Å². The minimum absolute atomic E-state index is 0.463. The molecule has 3 heterocycles. The minimum atomic E-state index is -0.995. The molecular formula is C17H22BFN2O2. The maximum atomic E-state index is 14.7. The molecule has 23 heavy (non-hydrogen) atoms. The topological polar surface area (TPSA) is 35.8 Å². The Morgan fingerprint density at radius 2 is 1.91 bits per heavy atom. The Balaban J connectivity index is 1.97. The molecule has 0 saturated carbocycles. The van der Waals surface area contributed by atoms with Gasteiger partial charge in [-0.05, 0) is 45.9 Å². The zero-order valence-corrected chi connectivity index (χ0v) is 14.3. The molecule has 0 unspecified atom stereocenters. The monoisotopic (exact) mass is 316 g/mol. The molecule has 0 bridgehead atoms. The second-order valence-electron chi connectivity index (χ2n) is 6.84. The molecule has 0 aliphatic carbocycles. The highest BCUT2D eigenvalue weighted by atomic mass is 19.1. The molecule has 1 saturated heterocycles. The summed E-state index contributed by atoms with van der Waals surface area (Å²) in [5, 5.41) is 0. The number of rotatable bonds is 3. The van der Waals surface area contributed by atoms with Crippen LogP contribution in [-0.2, 0) is 15.7 Å². The van der Waals surface area contributed by atoms with E-state index in [2.05, 4.69) is 4.98 Å². The molecule has 4 nitrogen and oxygen atoms in total. The van der Waals surface area contributed by atoms with E-state index < -0.39 is 24.0 Å². The van der Waals surface area contributed by atoms with Crippen LogP contribution in [0.1, 0.15) is 46.1 Å². The Morgan fingerprint density at radius 3 is 2.52 bits per heavy atom. The second-order valence-corrected chi connectivity index (χ2v) is 6.84. The van der Waals surface area contributed by atoms with Gasteiger partial charge in [0.15, 0.2) is 0 Å². The Hall–Kier alpha value is -1.66. The molecule has 2 aromatic heterocycles. The maximum absolute atomic E-state index is 14.7. The zero-order chi connectivity index (χ0) is 16.8. The molecule has 122 valence electrons. The third-order valence-corrected chi connectivity index (χ3v) is 4.72. The summed E-state index contributed by atoms with van der Waals surface area (Å²) < 4.78 is 28.1. The van der Waals surface area contributed by atoms with E-state index in [1.807, 2.05) is 63.4 Å². The van der Waals surface area contributed by atoms with Crippen LogP contribution in [0, 0.1) is 0 Å². The van der Waals surface area contributed by atoms with E-state index in [0.29, 0.717) is 5.69 Å². The lowest BCUT2D eigenvalue weighted by Gasteiger charge is -2.32. The van der Waals surface area contributed by atoms with Crippen LogP contribution in [0.15, 0.2) is 30.1 Å². The molecule has 2 aromatic rings. The van der Waals surface area contributed by atoms with Gasteiger partial charge in [0.05, 0.1) is 22.4 Å². The van der Waals surface area contributed by atoms with E-state index in [1.54, 1.807) is 0 Å². The molecule has 1 aliphatic heterocycles. The molecule has 0 amide bonds. The fourth-order valence-corrected chi connectivity index (χ4v) is 2.64. The fraction of sp³-hybridized carbons (Fsp3) is 0.471. The van der Waals surface area contributed by atoms with Crippen LogP contribution in [-0.4, -0.2) is 27.7 Å².